The average molecular weight is 1180 g/mol. The Kier molecular flexibility index (Phi) is 14.3. The van der Waals surface area contributed by atoms with Crippen molar-refractivity contribution >= 4 is 22.1 Å². The van der Waals surface area contributed by atoms with Crippen molar-refractivity contribution in [2.45, 2.75) is 118 Å². The number of nitrogens with zero attached hydrogens (tertiary/aromatic N) is 5. The van der Waals surface area contributed by atoms with Crippen LogP contribution in [-0.4, -0.2) is 24.2 Å². The molecule has 10 aromatic rings. The van der Waals surface area contributed by atoms with E-state index in [1.165, 1.54) is 5.56 Å². The molecule has 0 aliphatic heterocycles. The van der Waals surface area contributed by atoms with E-state index in [0.717, 1.165) is 100 Å². The first-order valence-corrected chi connectivity index (χ1v) is 26.4. The van der Waals surface area contributed by atoms with E-state index >= 15 is 0 Å². The number of aromatic hydroxyl groups is 1. The summed E-state index contributed by atoms with van der Waals surface area (Å²) < 4.78 is 4.58. The number of hydrogen-bond acceptors (Lipinski definition) is 4. The van der Waals surface area contributed by atoms with Crippen LogP contribution >= 0.6 is 0 Å². The fourth-order valence-electron chi connectivity index (χ4n) is 10.4. The van der Waals surface area contributed by atoms with Crippen molar-refractivity contribution in [3.63, 3.8) is 0 Å². The van der Waals surface area contributed by atoms with E-state index < -0.39 is 0 Å². The van der Waals surface area contributed by atoms with Crippen LogP contribution in [0.4, 0.5) is 0 Å². The molecule has 0 aliphatic rings. The number of rotatable bonds is 9. The van der Waals surface area contributed by atoms with E-state index in [-0.39, 0.29) is 60.5 Å². The molecule has 8 aromatic carbocycles. The zero-order valence-electron chi connectivity index (χ0n) is 46.2. The summed E-state index contributed by atoms with van der Waals surface area (Å²) in [6.45, 7) is 28.9. The van der Waals surface area contributed by atoms with Crippen molar-refractivity contribution in [1.82, 2.24) is 19.1 Å². The van der Waals surface area contributed by atoms with Gasteiger partial charge in [-0.3, -0.25) is 9.55 Å². The molecule has 0 saturated carbocycles. The summed E-state index contributed by atoms with van der Waals surface area (Å²) in [4.78, 5) is 11.2. The maximum absolute atomic E-state index is 12.3. The van der Waals surface area contributed by atoms with Crippen LogP contribution in [0.2, 0.25) is 0 Å². The summed E-state index contributed by atoms with van der Waals surface area (Å²) in [5, 5.41) is 22.9. The van der Waals surface area contributed by atoms with Crippen molar-refractivity contribution in [2.24, 2.45) is 0 Å². The number of imidazole rings is 2. The van der Waals surface area contributed by atoms with Crippen LogP contribution in [-0.2, 0) is 37.3 Å². The predicted octanol–water partition coefficient (Wildman–Crippen LogP) is 18.2. The Morgan fingerprint density at radius 3 is 1.66 bits per heavy atom. The van der Waals surface area contributed by atoms with Crippen molar-refractivity contribution in [2.75, 3.05) is 0 Å². The molecular weight excluding hydrogens is 1110 g/mol. The van der Waals surface area contributed by atoms with Crippen molar-refractivity contribution in [1.29, 1.82) is 5.26 Å². The van der Waals surface area contributed by atoms with E-state index in [2.05, 4.69) is 257 Å². The Hall–Kier alpha value is -7.32. The van der Waals surface area contributed by atoms with Crippen LogP contribution in [0.15, 0.2) is 158 Å². The number of hydrogen-bond donors (Lipinski definition) is 1. The molecule has 0 spiro atoms. The maximum atomic E-state index is 12.3. The fraction of sp³-hybridized carbons (Fsp3) is 0.261. The number of aromatic nitrogens is 4. The molecule has 2 aromatic heterocycles. The molecule has 1 N–H and O–H groups in total. The molecule has 0 amide bonds. The minimum atomic E-state index is -0.328. The quantitative estimate of drug-likeness (QED) is 0.146. The normalized spacial score (nSPS) is 12.2. The third-order valence-electron chi connectivity index (χ3n) is 14.8. The first kappa shape index (κ1) is 53.5. The SMILES string of the molecule is CC(C)c1cc(-c2ccccc2)cc(C(C)C)c1-n1c(-c2cc(C(C)(C)C)cc(C#N)c2O)nc2c(-c3[c-]c(-c4nc5ccccc5n4-c4ccc(C(C)(C)C)cc4-c4ccccc4)cc(C(C)(C)C)c3)cccc21.[Pt]. The van der Waals surface area contributed by atoms with E-state index in [0.29, 0.717) is 11.4 Å². The minimum absolute atomic E-state index is 0. The Labute approximate surface area is 464 Å². The Bertz CT molecular complexity index is 3820. The standard InChI is InChI=1S/C69H68N5O.Pt/c1-42(2)54-37-46(44-23-16-14-17-24-44)38-55(43(3)4)63(54)74-61-30-22-27-53(62(61)72-66(74)57-40-52(69(11,12)13)36-49(41-70)64(57)75)47-33-48(35-51(34-47)68(8,9)10)65-71-58-28-20-21-29-60(58)73(65)59-32-31-50(67(5,6)7)39-56(59)45-25-18-15-19-26-45;/h14-32,34-40,42-43,75H,1-13H3;/q-1;. The van der Waals surface area contributed by atoms with Gasteiger partial charge in [-0.25, -0.2) is 4.98 Å². The largest absolute Gasteiger partial charge is 0.506 e. The van der Waals surface area contributed by atoms with Gasteiger partial charge in [-0.1, -0.05) is 192 Å². The molecule has 10 rings (SSSR count). The predicted molar refractivity (Wildman–Crippen MR) is 312 cm³/mol. The topological polar surface area (TPSA) is 79.7 Å². The summed E-state index contributed by atoms with van der Waals surface area (Å²) in [6.07, 6.45) is 0. The van der Waals surface area contributed by atoms with Crippen molar-refractivity contribution in [3.05, 3.63) is 197 Å². The van der Waals surface area contributed by atoms with Gasteiger partial charge < -0.3 is 9.67 Å². The molecule has 0 bridgehead atoms. The molecule has 0 radical (unpaired) electrons. The second-order valence-corrected chi connectivity index (χ2v) is 24.0. The molecule has 0 fully saturated rings. The second-order valence-electron chi connectivity index (χ2n) is 24.0. The van der Waals surface area contributed by atoms with Gasteiger partial charge in [-0.2, -0.15) is 5.26 Å². The van der Waals surface area contributed by atoms with Crippen LogP contribution < -0.4 is 0 Å². The van der Waals surface area contributed by atoms with Crippen LogP contribution in [0.1, 0.15) is 135 Å². The van der Waals surface area contributed by atoms with Crippen LogP contribution in [0.25, 0.3) is 89.6 Å². The van der Waals surface area contributed by atoms with Crippen molar-refractivity contribution < 1.29 is 26.2 Å². The first-order chi connectivity index (χ1) is 35.6. The molecule has 7 heteroatoms. The number of fused-ring (bicyclic) bond motifs is 2. The van der Waals surface area contributed by atoms with Gasteiger partial charge in [0.1, 0.15) is 17.6 Å². The van der Waals surface area contributed by atoms with Gasteiger partial charge >= 0.3 is 0 Å². The van der Waals surface area contributed by atoms with Gasteiger partial charge in [0.2, 0.25) is 0 Å². The zero-order valence-corrected chi connectivity index (χ0v) is 48.4. The molecule has 6 nitrogen and oxygen atoms in total. The summed E-state index contributed by atoms with van der Waals surface area (Å²) >= 11 is 0. The number of benzene rings is 8. The minimum Gasteiger partial charge on any atom is -0.506 e. The molecule has 386 valence electrons. The second kappa shape index (κ2) is 20.3. The van der Waals surface area contributed by atoms with Crippen LogP contribution in [0, 0.1) is 17.4 Å². The average Bonchev–Trinajstić information content (AvgIpc) is 3.97. The molecule has 0 aliphatic carbocycles. The summed E-state index contributed by atoms with van der Waals surface area (Å²) in [6, 6.07) is 62.2. The van der Waals surface area contributed by atoms with Gasteiger partial charge in [-0.15, -0.1) is 29.3 Å². The summed E-state index contributed by atoms with van der Waals surface area (Å²) in [5.41, 5.74) is 18.5. The van der Waals surface area contributed by atoms with Gasteiger partial charge in [0.25, 0.3) is 0 Å². The van der Waals surface area contributed by atoms with Crippen LogP contribution in [0.3, 0.4) is 0 Å². The van der Waals surface area contributed by atoms with E-state index in [9.17, 15) is 10.4 Å². The smallest absolute Gasteiger partial charge is 0.148 e. The Morgan fingerprint density at radius 2 is 1.05 bits per heavy atom. The molecule has 0 atom stereocenters. The third kappa shape index (κ3) is 9.87. The monoisotopic (exact) mass is 1180 g/mol. The number of nitriles is 1. The molecular formula is C69H68N5OPt-. The molecule has 0 saturated heterocycles. The van der Waals surface area contributed by atoms with Crippen LogP contribution in [0.5, 0.6) is 5.75 Å². The first-order valence-electron chi connectivity index (χ1n) is 26.4. The number of phenols is 1. The third-order valence-corrected chi connectivity index (χ3v) is 14.8. The molecule has 2 heterocycles. The Morgan fingerprint density at radius 1 is 0.500 bits per heavy atom. The van der Waals surface area contributed by atoms with Gasteiger partial charge in [0, 0.05) is 32.3 Å². The van der Waals surface area contributed by atoms with Gasteiger partial charge in [0.05, 0.1) is 44.7 Å². The van der Waals surface area contributed by atoms with E-state index in [1.807, 2.05) is 12.1 Å². The van der Waals surface area contributed by atoms with E-state index in [1.54, 1.807) is 0 Å². The number of para-hydroxylation sites is 3. The Balaban J connectivity index is 0.00000706. The van der Waals surface area contributed by atoms with Gasteiger partial charge in [0.15, 0.2) is 0 Å². The summed E-state index contributed by atoms with van der Waals surface area (Å²) in [7, 11) is 0. The van der Waals surface area contributed by atoms with Crippen molar-refractivity contribution in [3.8, 4) is 79.3 Å². The fourth-order valence-corrected chi connectivity index (χ4v) is 10.4. The maximum Gasteiger partial charge on any atom is 0.148 e. The number of phenolic OH excluding ortho intramolecular Hbond substituents is 1. The van der Waals surface area contributed by atoms with Gasteiger partial charge in [-0.05, 0) is 122 Å². The summed E-state index contributed by atoms with van der Waals surface area (Å²) in [5.74, 6) is 1.50. The van der Waals surface area contributed by atoms with E-state index in [4.69, 9.17) is 9.97 Å². The molecule has 76 heavy (non-hydrogen) atoms. The zero-order chi connectivity index (χ0) is 53.3. The molecule has 0 unspecified atom stereocenters.